The Kier molecular flexibility index (Phi) is 21.6. The van der Waals surface area contributed by atoms with Gasteiger partial charge in [-0.05, 0) is 12.8 Å². The Morgan fingerprint density at radius 1 is 0.640 bits per heavy atom. The van der Waals surface area contributed by atoms with Crippen LogP contribution in [0.25, 0.3) is 0 Å². The number of carbonyl (C=O) groups is 1. The van der Waals surface area contributed by atoms with Gasteiger partial charge in [0.2, 0.25) is 0 Å². The van der Waals surface area contributed by atoms with E-state index in [4.69, 9.17) is 16.3 Å². The lowest BCUT2D eigenvalue weighted by Crippen LogP contribution is -2.05. The van der Waals surface area contributed by atoms with Gasteiger partial charge in [-0.1, -0.05) is 103 Å². The first-order chi connectivity index (χ1) is 12.3. The normalized spacial score (nSPS) is 11.0. The second-order valence-corrected chi connectivity index (χ2v) is 7.69. The molecule has 0 spiro atoms. The molecule has 0 aliphatic carbocycles. The van der Waals surface area contributed by atoms with Crippen LogP contribution in [0.4, 0.5) is 0 Å². The number of alkyl halides is 1. The van der Waals surface area contributed by atoms with E-state index in [0.29, 0.717) is 18.9 Å². The summed E-state index contributed by atoms with van der Waals surface area (Å²) < 4.78 is 5.17. The van der Waals surface area contributed by atoms with Gasteiger partial charge in [0.1, 0.15) is 0 Å². The standard InChI is InChI=1S/C22H43ClO2/c1-2-3-4-5-6-7-8-9-10-11-12-13-14-15-16-17-21-25-22(24)19-18-20-23/h2-21H2,1H3. The Bertz CT molecular complexity index is 269. The van der Waals surface area contributed by atoms with E-state index >= 15 is 0 Å². The summed E-state index contributed by atoms with van der Waals surface area (Å²) in [7, 11) is 0. The largest absolute Gasteiger partial charge is 0.466 e. The molecule has 0 aromatic rings. The van der Waals surface area contributed by atoms with E-state index < -0.39 is 0 Å². The van der Waals surface area contributed by atoms with Crippen LogP contribution in [0.15, 0.2) is 0 Å². The first-order valence-corrected chi connectivity index (χ1v) is 11.6. The zero-order valence-electron chi connectivity index (χ0n) is 16.8. The lowest BCUT2D eigenvalue weighted by atomic mass is 10.0. The molecule has 0 amide bonds. The fraction of sp³-hybridized carbons (Fsp3) is 0.955. The van der Waals surface area contributed by atoms with Crippen LogP contribution >= 0.6 is 11.6 Å². The van der Waals surface area contributed by atoms with Crippen LogP contribution < -0.4 is 0 Å². The molecule has 0 unspecified atom stereocenters. The van der Waals surface area contributed by atoms with Gasteiger partial charge in [0, 0.05) is 12.3 Å². The van der Waals surface area contributed by atoms with Gasteiger partial charge in [-0.3, -0.25) is 4.79 Å². The maximum atomic E-state index is 11.3. The van der Waals surface area contributed by atoms with Crippen molar-refractivity contribution >= 4 is 17.6 Å². The van der Waals surface area contributed by atoms with Crippen LogP contribution in [0, 0.1) is 0 Å². The second-order valence-electron chi connectivity index (χ2n) is 7.32. The van der Waals surface area contributed by atoms with E-state index in [2.05, 4.69) is 6.92 Å². The molecule has 0 heterocycles. The predicted octanol–water partition coefficient (Wildman–Crippen LogP) is 7.81. The summed E-state index contributed by atoms with van der Waals surface area (Å²) in [4.78, 5) is 11.3. The van der Waals surface area contributed by atoms with Crippen LogP contribution in [-0.2, 0) is 9.53 Å². The fourth-order valence-corrected chi connectivity index (χ4v) is 3.25. The third-order valence-corrected chi connectivity index (χ3v) is 5.04. The molecule has 0 bridgehead atoms. The lowest BCUT2D eigenvalue weighted by Gasteiger charge is -2.05. The van der Waals surface area contributed by atoms with Crippen molar-refractivity contribution in [1.82, 2.24) is 0 Å². The maximum absolute atomic E-state index is 11.3. The molecule has 0 aliphatic rings. The van der Waals surface area contributed by atoms with Crippen molar-refractivity contribution in [1.29, 1.82) is 0 Å². The number of rotatable bonds is 20. The zero-order valence-corrected chi connectivity index (χ0v) is 17.6. The SMILES string of the molecule is CCCCCCCCCCCCCCCCCCOC(=O)CCCCl. The maximum Gasteiger partial charge on any atom is 0.305 e. The monoisotopic (exact) mass is 374 g/mol. The van der Waals surface area contributed by atoms with Gasteiger partial charge in [0.05, 0.1) is 6.61 Å². The molecule has 2 nitrogen and oxygen atoms in total. The molecule has 0 aromatic heterocycles. The Hall–Kier alpha value is -0.240. The summed E-state index contributed by atoms with van der Waals surface area (Å²) in [5.74, 6) is 0.440. The zero-order chi connectivity index (χ0) is 18.4. The van der Waals surface area contributed by atoms with Gasteiger partial charge in [-0.25, -0.2) is 0 Å². The Balaban J connectivity index is 3.04. The quantitative estimate of drug-likeness (QED) is 0.123. The fourth-order valence-electron chi connectivity index (χ4n) is 3.12. The van der Waals surface area contributed by atoms with Crippen LogP contribution in [0.1, 0.15) is 122 Å². The van der Waals surface area contributed by atoms with Crippen molar-refractivity contribution < 1.29 is 9.53 Å². The minimum atomic E-state index is -0.0957. The highest BCUT2D eigenvalue weighted by Crippen LogP contribution is 2.13. The summed E-state index contributed by atoms with van der Waals surface area (Å²) >= 11 is 5.55. The Morgan fingerprint density at radius 3 is 1.44 bits per heavy atom. The molecule has 3 heteroatoms. The van der Waals surface area contributed by atoms with Crippen molar-refractivity contribution in [2.75, 3.05) is 12.5 Å². The van der Waals surface area contributed by atoms with Crippen LogP contribution in [-0.4, -0.2) is 18.5 Å². The average molecular weight is 375 g/mol. The van der Waals surface area contributed by atoms with Gasteiger partial charge in [0.25, 0.3) is 0 Å². The van der Waals surface area contributed by atoms with Gasteiger partial charge < -0.3 is 4.74 Å². The van der Waals surface area contributed by atoms with E-state index in [1.807, 2.05) is 0 Å². The molecule has 150 valence electrons. The lowest BCUT2D eigenvalue weighted by molar-refractivity contribution is -0.143. The molecule has 0 fully saturated rings. The molecular weight excluding hydrogens is 332 g/mol. The third-order valence-electron chi connectivity index (χ3n) is 4.78. The summed E-state index contributed by atoms with van der Waals surface area (Å²) in [6.07, 6.45) is 23.0. The molecule has 0 saturated carbocycles. The van der Waals surface area contributed by atoms with E-state index in [1.54, 1.807) is 0 Å². The summed E-state index contributed by atoms with van der Waals surface area (Å²) in [5, 5.41) is 0. The molecule has 0 radical (unpaired) electrons. The number of hydrogen-bond acceptors (Lipinski definition) is 2. The number of esters is 1. The summed E-state index contributed by atoms with van der Waals surface area (Å²) in [6.45, 7) is 2.86. The van der Waals surface area contributed by atoms with Crippen molar-refractivity contribution in [2.24, 2.45) is 0 Å². The van der Waals surface area contributed by atoms with Crippen molar-refractivity contribution in [3.8, 4) is 0 Å². The third kappa shape index (κ3) is 21.7. The van der Waals surface area contributed by atoms with Gasteiger partial charge in [-0.15, -0.1) is 11.6 Å². The molecule has 0 aromatic carbocycles. The highest BCUT2D eigenvalue weighted by atomic mass is 35.5. The van der Waals surface area contributed by atoms with Crippen molar-refractivity contribution in [2.45, 2.75) is 122 Å². The first kappa shape index (κ1) is 24.8. The van der Waals surface area contributed by atoms with E-state index in [1.165, 1.54) is 96.3 Å². The minimum absolute atomic E-state index is 0.0957. The highest BCUT2D eigenvalue weighted by molar-refractivity contribution is 6.17. The molecule has 0 rings (SSSR count). The average Bonchev–Trinajstić information content (AvgIpc) is 2.62. The van der Waals surface area contributed by atoms with Gasteiger partial charge in [-0.2, -0.15) is 0 Å². The molecule has 0 N–H and O–H groups in total. The summed E-state index contributed by atoms with van der Waals surface area (Å²) in [5.41, 5.74) is 0. The highest BCUT2D eigenvalue weighted by Gasteiger charge is 2.01. The summed E-state index contributed by atoms with van der Waals surface area (Å²) in [6, 6.07) is 0. The van der Waals surface area contributed by atoms with E-state index in [9.17, 15) is 4.79 Å². The van der Waals surface area contributed by atoms with Gasteiger partial charge >= 0.3 is 5.97 Å². The number of halogens is 1. The van der Waals surface area contributed by atoms with Crippen molar-refractivity contribution in [3.63, 3.8) is 0 Å². The van der Waals surface area contributed by atoms with Gasteiger partial charge in [0.15, 0.2) is 0 Å². The van der Waals surface area contributed by atoms with Crippen LogP contribution in [0.3, 0.4) is 0 Å². The molecule has 0 atom stereocenters. The van der Waals surface area contributed by atoms with E-state index in [0.717, 1.165) is 12.8 Å². The number of hydrogen-bond donors (Lipinski definition) is 0. The first-order valence-electron chi connectivity index (χ1n) is 11.0. The smallest absolute Gasteiger partial charge is 0.305 e. The number of unbranched alkanes of at least 4 members (excludes halogenated alkanes) is 15. The Morgan fingerprint density at radius 2 is 1.04 bits per heavy atom. The topological polar surface area (TPSA) is 26.3 Å². The molecule has 0 aliphatic heterocycles. The van der Waals surface area contributed by atoms with Crippen molar-refractivity contribution in [3.05, 3.63) is 0 Å². The Labute approximate surface area is 162 Å². The second kappa shape index (κ2) is 21.8. The van der Waals surface area contributed by atoms with Crippen LogP contribution in [0.2, 0.25) is 0 Å². The number of ether oxygens (including phenoxy) is 1. The predicted molar refractivity (Wildman–Crippen MR) is 110 cm³/mol. The van der Waals surface area contributed by atoms with E-state index in [-0.39, 0.29) is 5.97 Å². The molecular formula is C22H43ClO2. The minimum Gasteiger partial charge on any atom is -0.466 e. The molecule has 25 heavy (non-hydrogen) atoms. The number of carbonyl (C=O) groups excluding carboxylic acids is 1. The molecule has 0 saturated heterocycles. The van der Waals surface area contributed by atoms with Crippen LogP contribution in [0.5, 0.6) is 0 Å².